The molecule has 2 rings (SSSR count). The Morgan fingerprint density at radius 2 is 1.77 bits per heavy atom. The van der Waals surface area contributed by atoms with Crippen molar-refractivity contribution in [3.63, 3.8) is 0 Å². The Morgan fingerprint density at radius 1 is 1.19 bits per heavy atom. The first-order chi connectivity index (χ1) is 12.2. The number of alkyl halides is 2. The van der Waals surface area contributed by atoms with Crippen LogP contribution in [0.1, 0.15) is 23.2 Å². The lowest BCUT2D eigenvalue weighted by Crippen LogP contribution is -2.39. The highest BCUT2D eigenvalue weighted by Crippen LogP contribution is 2.24. The molecule has 0 aromatic heterocycles. The number of sulfone groups is 1. The highest BCUT2D eigenvalue weighted by molar-refractivity contribution is 7.91. The molecular formula is C16H19F2NO6S. The van der Waals surface area contributed by atoms with E-state index in [0.717, 1.165) is 24.3 Å². The van der Waals surface area contributed by atoms with Crippen LogP contribution < -0.4 is 5.32 Å². The molecule has 1 unspecified atom stereocenters. The van der Waals surface area contributed by atoms with Crippen LogP contribution in [0.4, 0.5) is 8.78 Å². The molecule has 1 amide bonds. The number of carbonyl (C=O) groups is 2. The summed E-state index contributed by atoms with van der Waals surface area (Å²) in [6.45, 7) is 0.862. The Bertz CT molecular complexity index is 745. The minimum Gasteiger partial charge on any atom is -0.481 e. The van der Waals surface area contributed by atoms with Crippen LogP contribution in [0.3, 0.4) is 0 Å². The number of benzene rings is 1. The van der Waals surface area contributed by atoms with Gasteiger partial charge in [-0.05, 0) is 43.0 Å². The average Bonchev–Trinajstić information content (AvgIpc) is 2.62. The van der Waals surface area contributed by atoms with Gasteiger partial charge in [0.15, 0.2) is 0 Å². The molecule has 1 atom stereocenters. The van der Waals surface area contributed by atoms with E-state index in [-0.39, 0.29) is 18.0 Å². The van der Waals surface area contributed by atoms with Crippen LogP contribution in [0, 0.1) is 11.8 Å². The molecule has 1 aliphatic heterocycles. The van der Waals surface area contributed by atoms with Gasteiger partial charge in [0.05, 0.1) is 10.8 Å². The Labute approximate surface area is 149 Å². The van der Waals surface area contributed by atoms with Gasteiger partial charge in [0, 0.05) is 25.3 Å². The number of halogens is 2. The Kier molecular flexibility index (Phi) is 6.65. The van der Waals surface area contributed by atoms with Gasteiger partial charge in [-0.3, -0.25) is 9.59 Å². The fraction of sp³-hybridized carbons (Fsp3) is 0.500. The van der Waals surface area contributed by atoms with Crippen molar-refractivity contribution in [3.8, 4) is 0 Å². The standard InChI is InChI=1S/C16H19F2NO6S/c17-16(18)26(23,24)12-3-1-11(2-4-12)14(20)19-9-13(15(21)22)10-5-7-25-8-6-10/h1-4,10,13,16H,5-9H2,(H,19,20)(H,21,22). The van der Waals surface area contributed by atoms with Gasteiger partial charge in [-0.1, -0.05) is 0 Å². The molecule has 1 heterocycles. The van der Waals surface area contributed by atoms with E-state index in [1.807, 2.05) is 0 Å². The lowest BCUT2D eigenvalue weighted by atomic mass is 9.86. The number of hydrogen-bond acceptors (Lipinski definition) is 5. The van der Waals surface area contributed by atoms with Crippen molar-refractivity contribution in [1.29, 1.82) is 0 Å². The minimum atomic E-state index is -4.73. The Morgan fingerprint density at radius 3 is 2.27 bits per heavy atom. The predicted octanol–water partition coefficient (Wildman–Crippen LogP) is 1.54. The summed E-state index contributed by atoms with van der Waals surface area (Å²) < 4.78 is 52.9. The molecule has 2 N–H and O–H groups in total. The van der Waals surface area contributed by atoms with Crippen LogP contribution >= 0.6 is 0 Å². The van der Waals surface area contributed by atoms with Crippen molar-refractivity contribution in [2.45, 2.75) is 23.5 Å². The third-order valence-corrected chi connectivity index (χ3v) is 5.71. The van der Waals surface area contributed by atoms with Gasteiger partial charge in [0.25, 0.3) is 5.91 Å². The highest BCUT2D eigenvalue weighted by atomic mass is 32.2. The first kappa shape index (κ1) is 20.2. The summed E-state index contributed by atoms with van der Waals surface area (Å²) in [5.74, 6) is -6.04. The van der Waals surface area contributed by atoms with Gasteiger partial charge in [-0.2, -0.15) is 8.78 Å². The molecule has 0 radical (unpaired) electrons. The number of carbonyl (C=O) groups excluding carboxylic acids is 1. The maximum absolute atomic E-state index is 12.5. The van der Waals surface area contributed by atoms with E-state index in [1.54, 1.807) is 0 Å². The Balaban J connectivity index is 2.01. The molecule has 0 aliphatic carbocycles. The maximum Gasteiger partial charge on any atom is 0.341 e. The van der Waals surface area contributed by atoms with Crippen molar-refractivity contribution < 1.29 is 36.6 Å². The molecule has 1 aromatic carbocycles. The third kappa shape index (κ3) is 4.76. The normalized spacial score (nSPS) is 17.0. The molecule has 144 valence electrons. The summed E-state index contributed by atoms with van der Waals surface area (Å²) in [5, 5.41) is 11.9. The van der Waals surface area contributed by atoms with Crippen LogP contribution in [-0.2, 0) is 19.4 Å². The summed E-state index contributed by atoms with van der Waals surface area (Å²) in [7, 11) is -4.73. The molecule has 10 heteroatoms. The number of carboxylic acids is 1. The zero-order valence-electron chi connectivity index (χ0n) is 13.7. The molecule has 1 fully saturated rings. The largest absolute Gasteiger partial charge is 0.481 e. The lowest BCUT2D eigenvalue weighted by Gasteiger charge is -2.27. The van der Waals surface area contributed by atoms with Gasteiger partial charge in [0.2, 0.25) is 9.84 Å². The summed E-state index contributed by atoms with van der Waals surface area (Å²) in [4.78, 5) is 23.0. The topological polar surface area (TPSA) is 110 Å². The number of hydrogen-bond donors (Lipinski definition) is 2. The number of amides is 1. The molecule has 0 saturated carbocycles. The van der Waals surface area contributed by atoms with Crippen molar-refractivity contribution in [2.75, 3.05) is 19.8 Å². The second kappa shape index (κ2) is 8.54. The summed E-state index contributed by atoms with van der Waals surface area (Å²) in [5.41, 5.74) is 0.0503. The number of rotatable bonds is 7. The van der Waals surface area contributed by atoms with Gasteiger partial charge < -0.3 is 15.2 Å². The van der Waals surface area contributed by atoms with Gasteiger partial charge in [0.1, 0.15) is 0 Å². The quantitative estimate of drug-likeness (QED) is 0.730. The van der Waals surface area contributed by atoms with E-state index >= 15 is 0 Å². The van der Waals surface area contributed by atoms with Gasteiger partial charge in [-0.25, -0.2) is 8.42 Å². The monoisotopic (exact) mass is 391 g/mol. The van der Waals surface area contributed by atoms with Crippen molar-refractivity contribution in [1.82, 2.24) is 5.32 Å². The van der Waals surface area contributed by atoms with E-state index < -0.39 is 38.3 Å². The van der Waals surface area contributed by atoms with Crippen LogP contribution in [-0.4, -0.2) is 50.9 Å². The van der Waals surface area contributed by atoms with Crippen LogP contribution in [0.25, 0.3) is 0 Å². The highest BCUT2D eigenvalue weighted by Gasteiger charge is 2.30. The maximum atomic E-state index is 12.5. The number of carboxylic acid groups (broad SMARTS) is 1. The van der Waals surface area contributed by atoms with E-state index in [0.29, 0.717) is 26.1 Å². The Hall–Kier alpha value is -2.07. The van der Waals surface area contributed by atoms with E-state index in [9.17, 15) is 31.9 Å². The molecule has 0 bridgehead atoms. The van der Waals surface area contributed by atoms with Crippen LogP contribution in [0.2, 0.25) is 0 Å². The van der Waals surface area contributed by atoms with Crippen LogP contribution in [0.15, 0.2) is 29.2 Å². The van der Waals surface area contributed by atoms with E-state index in [4.69, 9.17) is 4.74 Å². The molecule has 0 spiro atoms. The lowest BCUT2D eigenvalue weighted by molar-refractivity contribution is -0.144. The van der Waals surface area contributed by atoms with E-state index in [2.05, 4.69) is 5.32 Å². The zero-order valence-corrected chi connectivity index (χ0v) is 14.5. The fourth-order valence-electron chi connectivity index (χ4n) is 2.78. The first-order valence-electron chi connectivity index (χ1n) is 7.94. The molecular weight excluding hydrogens is 372 g/mol. The molecule has 26 heavy (non-hydrogen) atoms. The van der Waals surface area contributed by atoms with Crippen LogP contribution in [0.5, 0.6) is 0 Å². The minimum absolute atomic E-state index is 0.0503. The fourth-order valence-corrected chi connectivity index (χ4v) is 3.50. The average molecular weight is 391 g/mol. The molecule has 1 saturated heterocycles. The number of nitrogens with one attached hydrogen (secondary N) is 1. The number of ether oxygens (including phenoxy) is 1. The van der Waals surface area contributed by atoms with Crippen molar-refractivity contribution in [3.05, 3.63) is 29.8 Å². The molecule has 1 aromatic rings. The molecule has 7 nitrogen and oxygen atoms in total. The summed E-state index contributed by atoms with van der Waals surface area (Å²) >= 11 is 0. The third-order valence-electron chi connectivity index (χ3n) is 4.31. The summed E-state index contributed by atoms with van der Waals surface area (Å²) in [6.07, 6.45) is 1.18. The van der Waals surface area contributed by atoms with Gasteiger partial charge >= 0.3 is 11.7 Å². The SMILES string of the molecule is O=C(NCC(C(=O)O)C1CCOCC1)c1ccc(S(=O)(=O)C(F)F)cc1. The predicted molar refractivity (Wildman–Crippen MR) is 86.6 cm³/mol. The van der Waals surface area contributed by atoms with Crippen molar-refractivity contribution in [2.24, 2.45) is 11.8 Å². The zero-order chi connectivity index (χ0) is 19.3. The van der Waals surface area contributed by atoms with Crippen molar-refractivity contribution >= 4 is 21.7 Å². The first-order valence-corrected chi connectivity index (χ1v) is 9.49. The molecule has 1 aliphatic rings. The second-order valence-electron chi connectivity index (χ2n) is 5.93. The van der Waals surface area contributed by atoms with E-state index in [1.165, 1.54) is 0 Å². The van der Waals surface area contributed by atoms with Gasteiger partial charge in [-0.15, -0.1) is 0 Å². The number of aliphatic carboxylic acids is 1. The smallest absolute Gasteiger partial charge is 0.341 e. The summed E-state index contributed by atoms with van der Waals surface area (Å²) in [6, 6.07) is 4.05. The second-order valence-corrected chi connectivity index (χ2v) is 7.85.